The molecule has 1 aliphatic rings. The van der Waals surface area contributed by atoms with Crippen molar-refractivity contribution in [3.05, 3.63) is 107 Å². The number of phenolic OH excluding ortho intramolecular Hbond substituents is 1. The molecule has 0 fully saturated rings. The normalized spacial score (nSPS) is 16.4. The Morgan fingerprint density at radius 1 is 0.789 bits per heavy atom. The fourth-order valence-electron chi connectivity index (χ4n) is 7.92. The van der Waals surface area contributed by atoms with E-state index in [1.165, 1.54) is 57.3 Å². The highest BCUT2D eigenvalue weighted by Crippen LogP contribution is 2.40. The van der Waals surface area contributed by atoms with Crippen LogP contribution in [0.25, 0.3) is 22.3 Å². The van der Waals surface area contributed by atoms with Gasteiger partial charge in [-0.2, -0.15) is 0 Å². The summed E-state index contributed by atoms with van der Waals surface area (Å²) in [5.74, 6) is -6.83. The van der Waals surface area contributed by atoms with Gasteiger partial charge in [-0.15, -0.1) is 0 Å². The predicted octanol–water partition coefficient (Wildman–Crippen LogP) is 6.48. The minimum absolute atomic E-state index is 0.0167. The topological polar surface area (TPSA) is 274 Å². The smallest absolute Gasteiger partial charge is 0.507 e. The van der Waals surface area contributed by atoms with Crippen LogP contribution in [-0.4, -0.2) is 120 Å². The number of benzene rings is 4. The number of alkyl carbamates (subject to hydrolysis) is 1. The van der Waals surface area contributed by atoms with Crippen molar-refractivity contribution < 1.29 is 67.2 Å². The molecular formula is C55H65ClN6O14. The van der Waals surface area contributed by atoms with Gasteiger partial charge in [0.05, 0.1) is 13.2 Å². The Hall–Kier alpha value is -8.00. The first-order valence-electron chi connectivity index (χ1n) is 24.4. The van der Waals surface area contributed by atoms with Crippen molar-refractivity contribution >= 4 is 65.1 Å². The molecular weight excluding hydrogens is 1000 g/mol. The summed E-state index contributed by atoms with van der Waals surface area (Å²) >= 11 is 6.09. The lowest BCUT2D eigenvalue weighted by Gasteiger charge is -2.32. The maximum atomic E-state index is 15.1. The summed E-state index contributed by atoms with van der Waals surface area (Å²) in [4.78, 5) is 123. The van der Waals surface area contributed by atoms with E-state index in [0.29, 0.717) is 17.0 Å². The van der Waals surface area contributed by atoms with Gasteiger partial charge in [0.15, 0.2) is 0 Å². The van der Waals surface area contributed by atoms with Crippen LogP contribution in [0.5, 0.6) is 11.5 Å². The minimum atomic E-state index is -1.61. The molecule has 4 aromatic rings. The molecule has 0 saturated carbocycles. The zero-order chi connectivity index (χ0) is 56.2. The van der Waals surface area contributed by atoms with Crippen molar-refractivity contribution in [1.29, 1.82) is 0 Å². The first kappa shape index (κ1) is 58.9. The van der Waals surface area contributed by atoms with Crippen LogP contribution in [0.2, 0.25) is 5.02 Å². The van der Waals surface area contributed by atoms with Crippen molar-refractivity contribution in [2.24, 2.45) is 0 Å². The number of aromatic hydroxyl groups is 1. The number of carbonyl (C=O) groups excluding carboxylic acids is 9. The number of rotatable bonds is 15. The summed E-state index contributed by atoms with van der Waals surface area (Å²) in [5, 5.41) is 25.2. The van der Waals surface area contributed by atoms with E-state index in [0.717, 1.165) is 23.1 Å². The standard InChI is InChI=1S/C55H65ClN6O14/c1-30(45(64)51(70)73-10)58-48(67)41-28-32-14-24-42(63)38(27-32)39-29-36(21-25-43(39)74-53(72)76-55(6,7)8)44(49(68)59-31(2)46(65)61-41)62(9)50(69)40(13-11-12-26-57-52(71)75-54(3,4)5)60-47(66)35-17-15-33(16-18-35)34-19-22-37(56)23-20-34/h14-25,27,29-31,40-41,44,63H,11-13,26,28H2,1-10H3,(H,57,71)(H,58,67)(H,59,68)(H,60,66)(H,61,65)/t30-,31-,40-,41-,44-/m0/s1. The van der Waals surface area contributed by atoms with Crippen molar-refractivity contribution in [3.8, 4) is 33.8 Å². The van der Waals surface area contributed by atoms with Gasteiger partial charge < -0.3 is 55.5 Å². The van der Waals surface area contributed by atoms with Crippen LogP contribution >= 0.6 is 11.6 Å². The first-order chi connectivity index (χ1) is 35.6. The summed E-state index contributed by atoms with van der Waals surface area (Å²) in [5.41, 5.74) is 0.602. The molecule has 21 heteroatoms. The summed E-state index contributed by atoms with van der Waals surface area (Å²) < 4.78 is 21.0. The number of hydrogen-bond acceptors (Lipinski definition) is 14. The van der Waals surface area contributed by atoms with Gasteiger partial charge in [0.25, 0.3) is 11.7 Å². The van der Waals surface area contributed by atoms with E-state index in [1.807, 2.05) is 12.1 Å². The Bertz CT molecular complexity index is 2830. The number of unbranched alkanes of at least 4 members (excludes halogenated alkanes) is 1. The Balaban J connectivity index is 1.58. The number of likely N-dealkylation sites (N-methyl/N-ethyl adjacent to an activating group) is 1. The number of nitrogens with one attached hydrogen (secondary N) is 5. The molecule has 0 unspecified atom stereocenters. The average Bonchev–Trinajstić information content (AvgIpc) is 3.34. The zero-order valence-electron chi connectivity index (χ0n) is 44.1. The molecule has 5 rings (SSSR count). The number of Topliss-reactive ketones (excluding diaryl/α,β-unsaturated/α-hetero) is 1. The van der Waals surface area contributed by atoms with Crippen molar-refractivity contribution in [2.75, 3.05) is 20.7 Å². The third kappa shape index (κ3) is 16.5. The van der Waals surface area contributed by atoms with Gasteiger partial charge in [0.2, 0.25) is 23.6 Å². The highest BCUT2D eigenvalue weighted by atomic mass is 35.5. The number of hydrogen-bond donors (Lipinski definition) is 6. The quantitative estimate of drug-likeness (QED) is 0.0245. The summed E-state index contributed by atoms with van der Waals surface area (Å²) in [6, 6.07) is 15.0. The second-order valence-corrected chi connectivity index (χ2v) is 20.6. The van der Waals surface area contributed by atoms with Crippen LogP contribution in [0.1, 0.15) is 102 Å². The fraction of sp³-hybridized carbons (Fsp3) is 0.400. The van der Waals surface area contributed by atoms with Gasteiger partial charge in [-0.05, 0) is 145 Å². The molecule has 0 radical (unpaired) electrons. The number of halogens is 1. The monoisotopic (exact) mass is 1070 g/mol. The maximum absolute atomic E-state index is 15.1. The van der Waals surface area contributed by atoms with Crippen LogP contribution in [0, 0.1) is 0 Å². The predicted molar refractivity (Wildman–Crippen MR) is 280 cm³/mol. The molecule has 1 aliphatic heterocycles. The first-order valence-corrected chi connectivity index (χ1v) is 24.8. The van der Waals surface area contributed by atoms with E-state index in [2.05, 4.69) is 31.3 Å². The summed E-state index contributed by atoms with van der Waals surface area (Å²) in [7, 11) is 2.32. The highest BCUT2D eigenvalue weighted by molar-refractivity contribution is 6.36. The average molecular weight is 1070 g/mol. The Kier molecular flexibility index (Phi) is 19.8. The van der Waals surface area contributed by atoms with E-state index in [4.69, 9.17) is 25.8 Å². The number of amides is 6. The van der Waals surface area contributed by atoms with Gasteiger partial charge in [0, 0.05) is 41.7 Å². The third-order valence-corrected chi connectivity index (χ3v) is 12.0. The molecule has 406 valence electrons. The molecule has 0 aromatic heterocycles. The molecule has 6 amide bonds. The number of ether oxygens (including phenoxy) is 4. The second kappa shape index (κ2) is 25.5. The number of phenols is 1. The van der Waals surface area contributed by atoms with Gasteiger partial charge in [-0.3, -0.25) is 28.8 Å². The number of esters is 1. The molecule has 20 nitrogen and oxygen atoms in total. The summed E-state index contributed by atoms with van der Waals surface area (Å²) in [6.45, 7) is 12.8. The second-order valence-electron chi connectivity index (χ2n) is 20.1. The van der Waals surface area contributed by atoms with Gasteiger partial charge in [-0.1, -0.05) is 48.0 Å². The Morgan fingerprint density at radius 2 is 1.42 bits per heavy atom. The molecule has 6 N–H and O–H groups in total. The van der Waals surface area contributed by atoms with Crippen LogP contribution in [0.4, 0.5) is 9.59 Å². The summed E-state index contributed by atoms with van der Waals surface area (Å²) in [6.07, 6.45) is -1.37. The SMILES string of the molecule is COC(=O)C(=O)[C@H](C)NC(=O)[C@@H]1Cc2ccc(O)c(c2)-c2cc(ccc2OC(=O)OC(C)(C)C)[C@H](N(C)C(=O)[C@H](CCCCNC(=O)OC(C)(C)C)NC(=O)c2ccc(-c3ccc(Cl)cc3)cc2)C(=O)N[C@@H](C)C(=O)N1. The molecule has 0 saturated heterocycles. The molecule has 0 aliphatic carbocycles. The van der Waals surface area contributed by atoms with E-state index in [9.17, 15) is 43.5 Å². The van der Waals surface area contributed by atoms with Crippen LogP contribution in [-0.2, 0) is 49.4 Å². The Morgan fingerprint density at radius 3 is 2.04 bits per heavy atom. The highest BCUT2D eigenvalue weighted by Gasteiger charge is 2.37. The zero-order valence-corrected chi connectivity index (χ0v) is 44.8. The lowest BCUT2D eigenvalue weighted by atomic mass is 9.93. The molecule has 4 bridgehead atoms. The minimum Gasteiger partial charge on any atom is -0.507 e. The lowest BCUT2D eigenvalue weighted by Crippen LogP contribution is -2.57. The number of methoxy groups -OCH3 is 1. The van der Waals surface area contributed by atoms with Gasteiger partial charge >= 0.3 is 18.2 Å². The van der Waals surface area contributed by atoms with Gasteiger partial charge in [0.1, 0.15) is 46.9 Å². The molecule has 5 atom stereocenters. The number of ketones is 1. The molecule has 1 heterocycles. The van der Waals surface area contributed by atoms with Crippen LogP contribution < -0.4 is 31.3 Å². The van der Waals surface area contributed by atoms with Gasteiger partial charge in [-0.25, -0.2) is 14.4 Å². The van der Waals surface area contributed by atoms with E-state index >= 15 is 4.79 Å². The van der Waals surface area contributed by atoms with Crippen molar-refractivity contribution in [3.63, 3.8) is 0 Å². The number of fused-ring (bicyclic) bond motifs is 5. The number of nitrogens with zero attached hydrogens (tertiary/aromatic N) is 1. The fourth-order valence-corrected chi connectivity index (χ4v) is 8.04. The van der Waals surface area contributed by atoms with Crippen molar-refractivity contribution in [1.82, 2.24) is 31.5 Å². The van der Waals surface area contributed by atoms with Crippen LogP contribution in [0.15, 0.2) is 84.9 Å². The third-order valence-electron chi connectivity index (χ3n) is 11.7. The lowest BCUT2D eigenvalue weighted by molar-refractivity contribution is -0.152. The Labute approximate surface area is 445 Å². The van der Waals surface area contributed by atoms with Crippen molar-refractivity contribution in [2.45, 2.75) is 122 Å². The van der Waals surface area contributed by atoms with E-state index in [1.54, 1.807) is 77.9 Å². The molecule has 4 aromatic carbocycles. The maximum Gasteiger partial charge on any atom is 0.514 e. The largest absolute Gasteiger partial charge is 0.514 e. The number of carbonyl (C=O) groups is 9. The van der Waals surface area contributed by atoms with E-state index in [-0.39, 0.29) is 59.6 Å². The van der Waals surface area contributed by atoms with Crippen LogP contribution in [0.3, 0.4) is 0 Å². The van der Waals surface area contributed by atoms with E-state index < -0.39 is 94.9 Å². The molecule has 0 spiro atoms. The molecule has 76 heavy (non-hydrogen) atoms.